The van der Waals surface area contributed by atoms with Gasteiger partial charge in [-0.3, -0.25) is 0 Å². The third kappa shape index (κ3) is 8.18. The molecule has 0 bridgehead atoms. The van der Waals surface area contributed by atoms with Gasteiger partial charge in [0.05, 0.1) is 6.54 Å². The van der Waals surface area contributed by atoms with Crippen LogP contribution < -0.4 is 10.6 Å². The number of aliphatic imine (C=N–C) groups is 1. The van der Waals surface area contributed by atoms with Crippen LogP contribution in [-0.4, -0.2) is 68.6 Å². The molecule has 1 heterocycles. The third-order valence-electron chi connectivity index (χ3n) is 4.53. The average molecular weight is 477 g/mol. The van der Waals surface area contributed by atoms with Crippen molar-refractivity contribution in [3.8, 4) is 0 Å². The number of hydrogen-bond acceptors (Lipinski definition) is 3. The molecule has 0 spiro atoms. The molecule has 2 rings (SSSR count). The van der Waals surface area contributed by atoms with Crippen molar-refractivity contribution in [2.45, 2.75) is 26.8 Å². The van der Waals surface area contributed by atoms with E-state index in [-0.39, 0.29) is 29.8 Å². The van der Waals surface area contributed by atoms with Crippen molar-refractivity contribution < 1.29 is 4.39 Å². The number of hydrogen-bond donors (Lipinski definition) is 2. The lowest BCUT2D eigenvalue weighted by atomic mass is 10.1. The van der Waals surface area contributed by atoms with Crippen LogP contribution in [0.5, 0.6) is 0 Å². The van der Waals surface area contributed by atoms with E-state index in [4.69, 9.17) is 0 Å². The van der Waals surface area contributed by atoms with Crippen LogP contribution in [0.25, 0.3) is 0 Å². The summed E-state index contributed by atoms with van der Waals surface area (Å²) in [6.45, 7) is 11.6. The number of aryl methyl sites for hydroxylation is 1. The van der Waals surface area contributed by atoms with Crippen LogP contribution in [0.3, 0.4) is 0 Å². The van der Waals surface area contributed by atoms with Crippen LogP contribution in [0.1, 0.15) is 24.5 Å². The maximum atomic E-state index is 13.6. The molecule has 7 heteroatoms. The Labute approximate surface area is 174 Å². The highest BCUT2D eigenvalue weighted by Crippen LogP contribution is 2.10. The topological polar surface area (TPSA) is 42.9 Å². The highest BCUT2D eigenvalue weighted by molar-refractivity contribution is 14.0. The minimum absolute atomic E-state index is 0. The maximum absolute atomic E-state index is 13.6. The first kappa shape index (κ1) is 23.1. The van der Waals surface area contributed by atoms with E-state index in [0.29, 0.717) is 12.1 Å². The first-order chi connectivity index (χ1) is 12.1. The van der Waals surface area contributed by atoms with E-state index in [9.17, 15) is 4.39 Å². The predicted molar refractivity (Wildman–Crippen MR) is 118 cm³/mol. The van der Waals surface area contributed by atoms with Crippen LogP contribution in [0.15, 0.2) is 23.2 Å². The van der Waals surface area contributed by atoms with Crippen molar-refractivity contribution in [2.24, 2.45) is 4.99 Å². The zero-order valence-electron chi connectivity index (χ0n) is 16.2. The second-order valence-corrected chi connectivity index (χ2v) is 6.70. The van der Waals surface area contributed by atoms with Crippen molar-refractivity contribution in [1.29, 1.82) is 0 Å². The molecule has 1 aromatic rings. The summed E-state index contributed by atoms with van der Waals surface area (Å²) in [5.41, 5.74) is 1.55. The summed E-state index contributed by atoms with van der Waals surface area (Å²) >= 11 is 0. The van der Waals surface area contributed by atoms with E-state index in [2.05, 4.69) is 32.5 Å². The van der Waals surface area contributed by atoms with Crippen LogP contribution in [-0.2, 0) is 6.54 Å². The molecule has 1 aliphatic rings. The van der Waals surface area contributed by atoms with Crippen molar-refractivity contribution in [1.82, 2.24) is 20.4 Å². The van der Waals surface area contributed by atoms with E-state index >= 15 is 0 Å². The van der Waals surface area contributed by atoms with Gasteiger partial charge < -0.3 is 20.4 Å². The fourth-order valence-corrected chi connectivity index (χ4v) is 2.90. The van der Waals surface area contributed by atoms with Crippen molar-refractivity contribution in [2.75, 3.05) is 52.9 Å². The van der Waals surface area contributed by atoms with Gasteiger partial charge in [-0.1, -0.05) is 12.1 Å². The quantitative estimate of drug-likeness (QED) is 0.376. The van der Waals surface area contributed by atoms with Crippen molar-refractivity contribution in [3.63, 3.8) is 0 Å². The molecular formula is C19H33FIN5. The maximum Gasteiger partial charge on any atom is 0.191 e. The Morgan fingerprint density at radius 1 is 1.19 bits per heavy atom. The zero-order chi connectivity index (χ0) is 18.1. The monoisotopic (exact) mass is 477 g/mol. The van der Waals surface area contributed by atoms with E-state index in [1.54, 1.807) is 19.1 Å². The Hall–Kier alpha value is -0.930. The molecule has 0 unspecified atom stereocenters. The minimum atomic E-state index is -0.170. The molecule has 1 aromatic carbocycles. The van der Waals surface area contributed by atoms with Gasteiger partial charge in [-0.05, 0) is 57.6 Å². The summed E-state index contributed by atoms with van der Waals surface area (Å²) in [6.07, 6.45) is 1.23. The van der Waals surface area contributed by atoms with Gasteiger partial charge in [-0.25, -0.2) is 9.38 Å². The molecular weight excluding hydrogens is 444 g/mol. The number of likely N-dealkylation sites (N-methyl/N-ethyl adjacent to an activating group) is 1. The first-order valence-electron chi connectivity index (χ1n) is 9.26. The first-order valence-corrected chi connectivity index (χ1v) is 9.26. The lowest BCUT2D eigenvalue weighted by Crippen LogP contribution is -2.42. The second kappa shape index (κ2) is 12.5. The third-order valence-corrected chi connectivity index (χ3v) is 4.53. The number of rotatable bonds is 6. The highest BCUT2D eigenvalue weighted by Gasteiger charge is 2.11. The van der Waals surface area contributed by atoms with Crippen LogP contribution in [0.2, 0.25) is 0 Å². The fourth-order valence-electron chi connectivity index (χ4n) is 2.90. The molecule has 0 aromatic heterocycles. The van der Waals surface area contributed by atoms with E-state index in [1.807, 2.05) is 13.0 Å². The van der Waals surface area contributed by atoms with Gasteiger partial charge in [0.2, 0.25) is 0 Å². The Kier molecular flexibility index (Phi) is 11.1. The van der Waals surface area contributed by atoms with Crippen molar-refractivity contribution >= 4 is 29.9 Å². The molecule has 0 radical (unpaired) electrons. The summed E-state index contributed by atoms with van der Waals surface area (Å²) in [5.74, 6) is 0.618. The molecule has 2 N–H and O–H groups in total. The van der Waals surface area contributed by atoms with Crippen molar-refractivity contribution in [3.05, 3.63) is 35.1 Å². The van der Waals surface area contributed by atoms with E-state index in [1.165, 1.54) is 13.0 Å². The van der Waals surface area contributed by atoms with Gasteiger partial charge >= 0.3 is 0 Å². The predicted octanol–water partition coefficient (Wildman–Crippen LogP) is 2.44. The smallest absolute Gasteiger partial charge is 0.191 e. The summed E-state index contributed by atoms with van der Waals surface area (Å²) in [5, 5.41) is 6.64. The van der Waals surface area contributed by atoms with Gasteiger partial charge in [-0.15, -0.1) is 24.0 Å². The number of nitrogens with zero attached hydrogens (tertiary/aromatic N) is 3. The van der Waals surface area contributed by atoms with Gasteiger partial charge in [0.1, 0.15) is 5.82 Å². The molecule has 26 heavy (non-hydrogen) atoms. The molecule has 1 aliphatic heterocycles. The standard InChI is InChI=1S/C19H32FN5.HI/c1-4-21-19(23-15-17-7-6-16(2)18(20)14-17)22-8-11-25-10-5-9-24(3)12-13-25;/h6-7,14H,4-5,8-13,15H2,1-3H3,(H2,21,22,23);1H. The summed E-state index contributed by atoms with van der Waals surface area (Å²) in [4.78, 5) is 9.45. The van der Waals surface area contributed by atoms with E-state index < -0.39 is 0 Å². The SMILES string of the molecule is CCNC(=NCc1ccc(C)c(F)c1)NCCN1CCCN(C)CC1.I. The molecule has 0 aliphatic carbocycles. The summed E-state index contributed by atoms with van der Waals surface area (Å²) in [7, 11) is 2.19. The Morgan fingerprint density at radius 3 is 2.73 bits per heavy atom. The lowest BCUT2D eigenvalue weighted by Gasteiger charge is -2.21. The Balaban J connectivity index is 0.00000338. The largest absolute Gasteiger partial charge is 0.357 e. The van der Waals surface area contributed by atoms with E-state index in [0.717, 1.165) is 50.8 Å². The van der Waals surface area contributed by atoms with Crippen LogP contribution in [0, 0.1) is 12.7 Å². The Bertz CT molecular complexity index is 567. The second-order valence-electron chi connectivity index (χ2n) is 6.70. The number of halogens is 2. The summed E-state index contributed by atoms with van der Waals surface area (Å²) in [6, 6.07) is 5.30. The normalized spacial score (nSPS) is 16.7. The lowest BCUT2D eigenvalue weighted by molar-refractivity contribution is 0.280. The molecule has 148 valence electrons. The number of benzene rings is 1. The summed E-state index contributed by atoms with van der Waals surface area (Å²) < 4.78 is 13.6. The molecule has 1 saturated heterocycles. The van der Waals surface area contributed by atoms with Gasteiger partial charge in [0, 0.05) is 32.7 Å². The molecule has 1 fully saturated rings. The van der Waals surface area contributed by atoms with Gasteiger partial charge in [-0.2, -0.15) is 0 Å². The minimum Gasteiger partial charge on any atom is -0.357 e. The average Bonchev–Trinajstić information content (AvgIpc) is 2.80. The molecule has 5 nitrogen and oxygen atoms in total. The molecule has 0 atom stereocenters. The van der Waals surface area contributed by atoms with Gasteiger partial charge in [0.15, 0.2) is 5.96 Å². The van der Waals surface area contributed by atoms with Crippen LogP contribution >= 0.6 is 24.0 Å². The fraction of sp³-hybridized carbons (Fsp3) is 0.632. The van der Waals surface area contributed by atoms with Gasteiger partial charge in [0.25, 0.3) is 0 Å². The van der Waals surface area contributed by atoms with Crippen LogP contribution in [0.4, 0.5) is 4.39 Å². The molecule has 0 saturated carbocycles. The number of guanidine groups is 1. The number of nitrogens with one attached hydrogen (secondary N) is 2. The highest BCUT2D eigenvalue weighted by atomic mass is 127. The molecule has 0 amide bonds. The Morgan fingerprint density at radius 2 is 2.00 bits per heavy atom. The zero-order valence-corrected chi connectivity index (χ0v) is 18.6.